The SMILES string of the molecule is CC(O)C(NC(=O)CN)C(=O)NC(CS)C(=O)NC(CC(N)=O)C(=O)O. The summed E-state index contributed by atoms with van der Waals surface area (Å²) in [7, 11) is 0. The molecule has 0 radical (unpaired) electrons. The summed E-state index contributed by atoms with van der Waals surface area (Å²) in [5.74, 6) is -5.20. The molecule has 13 heteroatoms. The molecule has 0 aromatic rings. The fourth-order valence-corrected chi connectivity index (χ4v) is 2.02. The van der Waals surface area contributed by atoms with Crippen LogP contribution in [0, 0.1) is 0 Å². The van der Waals surface area contributed by atoms with E-state index in [0.29, 0.717) is 0 Å². The predicted octanol–water partition coefficient (Wildman–Crippen LogP) is -4.33. The van der Waals surface area contributed by atoms with Gasteiger partial charge in [0.2, 0.25) is 23.6 Å². The second-order valence-electron chi connectivity index (χ2n) is 5.30. The maximum Gasteiger partial charge on any atom is 0.326 e. The number of carboxylic acid groups (broad SMARTS) is 1. The van der Waals surface area contributed by atoms with Crippen LogP contribution in [-0.2, 0) is 24.0 Å². The predicted molar refractivity (Wildman–Crippen MR) is 91.8 cm³/mol. The first-order valence-corrected chi connectivity index (χ1v) is 8.06. The van der Waals surface area contributed by atoms with Crippen molar-refractivity contribution in [3.8, 4) is 0 Å². The van der Waals surface area contributed by atoms with E-state index in [9.17, 15) is 29.1 Å². The number of carbonyl (C=O) groups is 5. The van der Waals surface area contributed by atoms with Gasteiger partial charge in [-0.2, -0.15) is 12.6 Å². The Hall–Kier alpha value is -2.38. The first-order chi connectivity index (χ1) is 12.0. The molecule has 0 aliphatic heterocycles. The number of carbonyl (C=O) groups excluding carboxylic acids is 4. The van der Waals surface area contributed by atoms with Crippen LogP contribution in [-0.4, -0.2) is 76.3 Å². The summed E-state index contributed by atoms with van der Waals surface area (Å²) in [6.45, 7) is 0.824. The number of rotatable bonds is 11. The molecule has 12 nitrogen and oxygen atoms in total. The largest absolute Gasteiger partial charge is 0.480 e. The summed E-state index contributed by atoms with van der Waals surface area (Å²) in [5, 5.41) is 25.0. The average Bonchev–Trinajstić information content (AvgIpc) is 2.55. The lowest BCUT2D eigenvalue weighted by atomic mass is 10.1. The Morgan fingerprint density at radius 2 is 1.58 bits per heavy atom. The van der Waals surface area contributed by atoms with Crippen LogP contribution in [0.25, 0.3) is 0 Å². The number of aliphatic carboxylic acids is 1. The second kappa shape index (κ2) is 11.3. The third kappa shape index (κ3) is 8.13. The van der Waals surface area contributed by atoms with E-state index in [2.05, 4.69) is 28.6 Å². The minimum atomic E-state index is -1.58. The zero-order valence-corrected chi connectivity index (χ0v) is 14.9. The van der Waals surface area contributed by atoms with Gasteiger partial charge in [0.1, 0.15) is 18.1 Å². The van der Waals surface area contributed by atoms with Gasteiger partial charge in [0.25, 0.3) is 0 Å². The summed E-state index contributed by atoms with van der Waals surface area (Å²) in [5.41, 5.74) is 10.0. The van der Waals surface area contributed by atoms with E-state index in [1.165, 1.54) is 6.92 Å². The Morgan fingerprint density at radius 3 is 1.96 bits per heavy atom. The van der Waals surface area contributed by atoms with Crippen LogP contribution in [0.3, 0.4) is 0 Å². The van der Waals surface area contributed by atoms with Crippen LogP contribution in [0.1, 0.15) is 13.3 Å². The van der Waals surface area contributed by atoms with Crippen molar-refractivity contribution in [2.75, 3.05) is 12.3 Å². The second-order valence-corrected chi connectivity index (χ2v) is 5.67. The molecule has 4 atom stereocenters. The van der Waals surface area contributed by atoms with Gasteiger partial charge in [-0.25, -0.2) is 4.79 Å². The first-order valence-electron chi connectivity index (χ1n) is 7.43. The highest BCUT2D eigenvalue weighted by Crippen LogP contribution is 1.99. The van der Waals surface area contributed by atoms with Gasteiger partial charge in [-0.3, -0.25) is 19.2 Å². The number of carboxylic acids is 1. The average molecular weight is 393 g/mol. The van der Waals surface area contributed by atoms with Gasteiger partial charge in [-0.15, -0.1) is 0 Å². The minimum Gasteiger partial charge on any atom is -0.480 e. The minimum absolute atomic E-state index is 0.224. The van der Waals surface area contributed by atoms with Crippen molar-refractivity contribution >= 4 is 42.2 Å². The zero-order chi connectivity index (χ0) is 20.4. The monoisotopic (exact) mass is 393 g/mol. The van der Waals surface area contributed by atoms with E-state index in [1.807, 2.05) is 0 Å². The fraction of sp³-hybridized carbons (Fsp3) is 0.615. The highest BCUT2D eigenvalue weighted by Gasteiger charge is 2.31. The van der Waals surface area contributed by atoms with Crippen molar-refractivity contribution in [2.45, 2.75) is 37.6 Å². The molecule has 0 heterocycles. The lowest BCUT2D eigenvalue weighted by molar-refractivity contribution is -0.143. The summed E-state index contributed by atoms with van der Waals surface area (Å²) in [4.78, 5) is 57.5. The number of primary amides is 1. The molecule has 4 unspecified atom stereocenters. The molecule has 0 fully saturated rings. The van der Waals surface area contributed by atoms with Crippen molar-refractivity contribution in [3.63, 3.8) is 0 Å². The van der Waals surface area contributed by atoms with Gasteiger partial charge in [-0.1, -0.05) is 0 Å². The van der Waals surface area contributed by atoms with Crippen LogP contribution < -0.4 is 27.4 Å². The quantitative estimate of drug-likeness (QED) is 0.160. The number of amides is 4. The van der Waals surface area contributed by atoms with Crippen LogP contribution in [0.2, 0.25) is 0 Å². The normalized spacial score (nSPS) is 15.1. The molecule has 0 bridgehead atoms. The van der Waals surface area contributed by atoms with E-state index in [1.54, 1.807) is 0 Å². The highest BCUT2D eigenvalue weighted by molar-refractivity contribution is 7.80. The number of nitrogens with two attached hydrogens (primary N) is 2. The van der Waals surface area contributed by atoms with E-state index >= 15 is 0 Å². The number of aliphatic hydroxyl groups excluding tert-OH is 1. The molecular weight excluding hydrogens is 370 g/mol. The summed E-state index contributed by atoms with van der Waals surface area (Å²) in [6.07, 6.45) is -1.94. The van der Waals surface area contributed by atoms with E-state index < -0.39 is 66.8 Å². The molecular formula is C13H23N5O7S. The number of hydrogen-bond acceptors (Lipinski definition) is 8. The summed E-state index contributed by atoms with van der Waals surface area (Å²) in [6, 6.07) is -4.26. The van der Waals surface area contributed by atoms with Crippen LogP contribution in [0.5, 0.6) is 0 Å². The van der Waals surface area contributed by atoms with Gasteiger partial charge < -0.3 is 37.6 Å². The third-order valence-corrected chi connectivity index (χ3v) is 3.47. The molecule has 0 saturated heterocycles. The van der Waals surface area contributed by atoms with Crippen molar-refractivity contribution in [1.82, 2.24) is 16.0 Å². The van der Waals surface area contributed by atoms with Gasteiger partial charge in [0, 0.05) is 5.75 Å². The molecule has 0 saturated carbocycles. The van der Waals surface area contributed by atoms with E-state index in [0.717, 1.165) is 0 Å². The molecule has 0 rings (SSSR count). The van der Waals surface area contributed by atoms with Gasteiger partial charge >= 0.3 is 5.97 Å². The lowest BCUT2D eigenvalue weighted by Crippen LogP contribution is -2.59. The molecule has 9 N–H and O–H groups in total. The van der Waals surface area contributed by atoms with Crippen LogP contribution >= 0.6 is 12.6 Å². The van der Waals surface area contributed by atoms with Crippen LogP contribution in [0.15, 0.2) is 0 Å². The highest BCUT2D eigenvalue weighted by atomic mass is 32.1. The molecule has 4 amide bonds. The van der Waals surface area contributed by atoms with E-state index in [4.69, 9.17) is 16.6 Å². The number of aliphatic hydroxyl groups is 1. The summed E-state index contributed by atoms with van der Waals surface area (Å²) >= 11 is 3.90. The standard InChI is InChI=1S/C13H23N5O7S/c1-5(19)10(18-9(21)3-14)12(23)17-7(4-26)11(22)16-6(13(24)25)2-8(15)20/h5-7,10,19,26H,2-4,14H2,1H3,(H2,15,20)(H,16,22)(H,17,23)(H,18,21)(H,24,25). The molecule has 148 valence electrons. The Bertz CT molecular complexity index is 557. The number of hydrogen-bond donors (Lipinski definition) is 8. The first kappa shape index (κ1) is 23.6. The number of thiol groups is 1. The Morgan fingerprint density at radius 1 is 1.04 bits per heavy atom. The molecule has 0 aliphatic carbocycles. The smallest absolute Gasteiger partial charge is 0.326 e. The Labute approximate surface area is 154 Å². The van der Waals surface area contributed by atoms with Gasteiger partial charge in [0.05, 0.1) is 19.1 Å². The van der Waals surface area contributed by atoms with Gasteiger partial charge in [0.15, 0.2) is 0 Å². The maximum atomic E-state index is 12.2. The molecule has 0 spiro atoms. The topological polar surface area (TPSA) is 214 Å². The lowest BCUT2D eigenvalue weighted by Gasteiger charge is -2.24. The van der Waals surface area contributed by atoms with Crippen LogP contribution in [0.4, 0.5) is 0 Å². The molecule has 0 aliphatic rings. The number of nitrogens with one attached hydrogen (secondary N) is 3. The molecule has 26 heavy (non-hydrogen) atoms. The molecule has 0 aromatic heterocycles. The van der Waals surface area contributed by atoms with Gasteiger partial charge in [-0.05, 0) is 6.92 Å². The van der Waals surface area contributed by atoms with Crippen molar-refractivity contribution in [1.29, 1.82) is 0 Å². The third-order valence-electron chi connectivity index (χ3n) is 3.10. The van der Waals surface area contributed by atoms with Crippen molar-refractivity contribution < 1.29 is 34.2 Å². The maximum absolute atomic E-state index is 12.2. The van der Waals surface area contributed by atoms with Crippen molar-refractivity contribution in [2.24, 2.45) is 11.5 Å². The molecule has 0 aromatic carbocycles. The summed E-state index contributed by atoms with van der Waals surface area (Å²) < 4.78 is 0. The van der Waals surface area contributed by atoms with E-state index in [-0.39, 0.29) is 5.75 Å². The fourth-order valence-electron chi connectivity index (χ4n) is 1.77. The Kier molecular flexibility index (Phi) is 10.2. The van der Waals surface area contributed by atoms with Crippen molar-refractivity contribution in [3.05, 3.63) is 0 Å². The Balaban J connectivity index is 5.06. The zero-order valence-electron chi connectivity index (χ0n) is 14.0.